The van der Waals surface area contributed by atoms with E-state index < -0.39 is 15.8 Å². The molecule has 0 spiro atoms. The van der Waals surface area contributed by atoms with Crippen molar-refractivity contribution in [2.75, 3.05) is 6.26 Å². The third-order valence-corrected chi connectivity index (χ3v) is 5.69. The van der Waals surface area contributed by atoms with E-state index in [-0.39, 0.29) is 11.3 Å². The van der Waals surface area contributed by atoms with Crippen LogP contribution in [0.1, 0.15) is 18.7 Å². The molecule has 3 aromatic rings. The predicted molar refractivity (Wildman–Crippen MR) is 110 cm³/mol. The number of benzene rings is 2. The van der Waals surface area contributed by atoms with Gasteiger partial charge in [0.05, 0.1) is 4.90 Å². The minimum Gasteiger partial charge on any atom is -0.481 e. The largest absolute Gasteiger partial charge is 0.481 e. The van der Waals surface area contributed by atoms with Gasteiger partial charge in [-0.1, -0.05) is 24.3 Å². The summed E-state index contributed by atoms with van der Waals surface area (Å²) in [6.07, 6.45) is 2.03. The van der Waals surface area contributed by atoms with Crippen LogP contribution in [0.2, 0.25) is 0 Å². The highest BCUT2D eigenvalue weighted by molar-refractivity contribution is 7.90. The van der Waals surface area contributed by atoms with Gasteiger partial charge < -0.3 is 9.52 Å². The Kier molecular flexibility index (Phi) is 5.96. The second-order valence-electron chi connectivity index (χ2n) is 6.45. The van der Waals surface area contributed by atoms with E-state index in [1.165, 1.54) is 12.1 Å². The molecule has 6 nitrogen and oxygen atoms in total. The van der Waals surface area contributed by atoms with Crippen LogP contribution in [-0.4, -0.2) is 30.7 Å². The number of aryl methyl sites for hydroxylation is 1. The molecule has 0 fully saturated rings. The lowest BCUT2D eigenvalue weighted by atomic mass is 10.1. The van der Waals surface area contributed by atoms with Gasteiger partial charge in [-0.2, -0.15) is 0 Å². The van der Waals surface area contributed by atoms with E-state index in [1.54, 1.807) is 12.1 Å². The van der Waals surface area contributed by atoms with Gasteiger partial charge in [0.15, 0.2) is 21.5 Å². The smallest absolute Gasteiger partial charge is 0.303 e. The highest BCUT2D eigenvalue weighted by atomic mass is 32.2. The fourth-order valence-electron chi connectivity index (χ4n) is 2.75. The molecule has 146 valence electrons. The van der Waals surface area contributed by atoms with Crippen molar-refractivity contribution in [3.63, 3.8) is 0 Å². The van der Waals surface area contributed by atoms with E-state index in [0.717, 1.165) is 17.1 Å². The second kappa shape index (κ2) is 8.25. The lowest BCUT2D eigenvalue weighted by molar-refractivity contribution is -0.137. The van der Waals surface area contributed by atoms with Gasteiger partial charge in [-0.15, -0.1) is 9.24 Å². The van der Waals surface area contributed by atoms with Crippen LogP contribution in [0, 0.1) is 0 Å². The lowest BCUT2D eigenvalue weighted by Gasteiger charge is -2.04. The van der Waals surface area contributed by atoms with Gasteiger partial charge in [0.2, 0.25) is 0 Å². The maximum atomic E-state index is 11.7. The van der Waals surface area contributed by atoms with Gasteiger partial charge >= 0.3 is 5.97 Å². The Balaban J connectivity index is 2.01. The second-order valence-corrected chi connectivity index (χ2v) is 9.13. The molecular formula is C20H20NO5PS. The van der Waals surface area contributed by atoms with E-state index in [2.05, 4.69) is 14.2 Å². The number of aromatic nitrogens is 1. The van der Waals surface area contributed by atoms with E-state index in [0.29, 0.717) is 35.7 Å². The highest BCUT2D eigenvalue weighted by Crippen LogP contribution is 2.33. The molecule has 1 atom stereocenters. The summed E-state index contributed by atoms with van der Waals surface area (Å²) in [4.78, 5) is 15.5. The number of hydrogen-bond donors (Lipinski definition) is 1. The van der Waals surface area contributed by atoms with Crippen molar-refractivity contribution in [3.8, 4) is 22.6 Å². The first-order valence-electron chi connectivity index (χ1n) is 8.62. The van der Waals surface area contributed by atoms with E-state index in [4.69, 9.17) is 9.52 Å². The summed E-state index contributed by atoms with van der Waals surface area (Å²) >= 11 is 0. The van der Waals surface area contributed by atoms with Crippen LogP contribution in [0.4, 0.5) is 0 Å². The number of oxazole rings is 1. The summed E-state index contributed by atoms with van der Waals surface area (Å²) in [6, 6.07) is 14.2. The minimum atomic E-state index is -3.29. The molecule has 1 unspecified atom stereocenters. The number of sulfone groups is 1. The first-order chi connectivity index (χ1) is 13.2. The van der Waals surface area contributed by atoms with Gasteiger partial charge in [-0.3, -0.25) is 4.79 Å². The molecular weight excluding hydrogens is 397 g/mol. The zero-order valence-electron chi connectivity index (χ0n) is 15.3. The molecule has 0 bridgehead atoms. The minimum absolute atomic E-state index is 0.0395. The third-order valence-electron chi connectivity index (χ3n) is 4.18. The molecule has 0 aliphatic rings. The third kappa shape index (κ3) is 4.86. The average molecular weight is 417 g/mol. The van der Waals surface area contributed by atoms with Crippen molar-refractivity contribution in [1.29, 1.82) is 0 Å². The zero-order chi connectivity index (χ0) is 20.3. The van der Waals surface area contributed by atoms with Crippen molar-refractivity contribution in [1.82, 2.24) is 4.98 Å². The molecule has 1 aromatic heterocycles. The number of carboxylic acid groups (broad SMARTS) is 1. The van der Waals surface area contributed by atoms with Crippen LogP contribution in [0.3, 0.4) is 0 Å². The topological polar surface area (TPSA) is 97.5 Å². The molecule has 1 heterocycles. The van der Waals surface area contributed by atoms with Crippen LogP contribution >= 0.6 is 9.24 Å². The van der Waals surface area contributed by atoms with E-state index in [9.17, 15) is 13.2 Å². The normalized spacial score (nSPS) is 11.5. The molecule has 28 heavy (non-hydrogen) atoms. The summed E-state index contributed by atoms with van der Waals surface area (Å²) in [5, 5.41) is 9.86. The summed E-state index contributed by atoms with van der Waals surface area (Å²) in [6.45, 7) is 0. The zero-order valence-corrected chi connectivity index (χ0v) is 17.2. The monoisotopic (exact) mass is 417 g/mol. The Morgan fingerprint density at radius 3 is 2.25 bits per heavy atom. The Labute approximate surface area is 165 Å². The fraction of sp³-hybridized carbons (Fsp3) is 0.200. The summed E-state index contributed by atoms with van der Waals surface area (Å²) in [7, 11) is -0.667. The Morgan fingerprint density at radius 2 is 1.68 bits per heavy atom. The molecule has 0 saturated heterocycles. The molecule has 1 N–H and O–H groups in total. The maximum Gasteiger partial charge on any atom is 0.303 e. The average Bonchev–Trinajstić information content (AvgIpc) is 3.05. The molecule has 0 saturated carbocycles. The van der Waals surface area contributed by atoms with Crippen LogP contribution < -0.4 is 5.30 Å². The Morgan fingerprint density at radius 1 is 1.07 bits per heavy atom. The van der Waals surface area contributed by atoms with Crippen LogP contribution in [0.15, 0.2) is 57.8 Å². The first kappa shape index (κ1) is 20.2. The van der Waals surface area contributed by atoms with Gasteiger partial charge in [0, 0.05) is 30.2 Å². The molecule has 8 heteroatoms. The fourth-order valence-corrected chi connectivity index (χ4v) is 3.57. The molecule has 0 aliphatic heterocycles. The lowest BCUT2D eigenvalue weighted by Crippen LogP contribution is -1.96. The van der Waals surface area contributed by atoms with Crippen molar-refractivity contribution in [2.24, 2.45) is 0 Å². The number of rotatable bonds is 7. The summed E-state index contributed by atoms with van der Waals surface area (Å²) in [5.74, 6) is 0.120. The van der Waals surface area contributed by atoms with Crippen molar-refractivity contribution >= 4 is 30.4 Å². The van der Waals surface area contributed by atoms with Crippen LogP contribution in [0.25, 0.3) is 22.6 Å². The number of aliphatic carboxylic acids is 1. The van der Waals surface area contributed by atoms with Gasteiger partial charge in [-0.25, -0.2) is 13.4 Å². The quantitative estimate of drug-likeness (QED) is 0.593. The molecule has 0 radical (unpaired) electrons. The summed E-state index contributed by atoms with van der Waals surface area (Å²) < 4.78 is 29.3. The van der Waals surface area contributed by atoms with Gasteiger partial charge in [0.1, 0.15) is 5.69 Å². The Bertz CT molecular complexity index is 1090. The van der Waals surface area contributed by atoms with Crippen LogP contribution in [0.5, 0.6) is 0 Å². The van der Waals surface area contributed by atoms with Crippen molar-refractivity contribution in [2.45, 2.75) is 24.2 Å². The predicted octanol–water partition coefficient (Wildman–Crippen LogP) is 3.32. The van der Waals surface area contributed by atoms with Gasteiger partial charge in [-0.05, 0) is 36.0 Å². The van der Waals surface area contributed by atoms with Crippen LogP contribution in [-0.2, 0) is 21.1 Å². The molecule has 0 amide bonds. The Hall–Kier alpha value is -2.50. The number of hydrogen-bond acceptors (Lipinski definition) is 5. The SMILES string of the molecule is CS(=O)(=O)c1ccc(-c2oc(CCCC(=O)O)nc2-c2ccc(P)cc2)cc1. The molecule has 2 aromatic carbocycles. The number of carbonyl (C=O) groups is 1. The van der Waals surface area contributed by atoms with E-state index >= 15 is 0 Å². The summed E-state index contributed by atoms with van der Waals surface area (Å²) in [5.41, 5.74) is 2.21. The standard InChI is InChI=1S/C20H20NO5PS/c1-28(24,25)16-11-7-14(8-12-16)20-19(13-5-9-15(27)10-6-13)21-17(26-20)3-2-4-18(22)23/h5-12H,2-4,27H2,1H3,(H,22,23). The molecule has 3 rings (SSSR count). The van der Waals surface area contributed by atoms with Crippen molar-refractivity contribution < 1.29 is 22.7 Å². The van der Waals surface area contributed by atoms with Gasteiger partial charge in [0.25, 0.3) is 0 Å². The number of carboxylic acids is 1. The molecule has 0 aliphatic carbocycles. The maximum absolute atomic E-state index is 11.7. The van der Waals surface area contributed by atoms with Crippen molar-refractivity contribution in [3.05, 3.63) is 54.4 Å². The number of nitrogens with zero attached hydrogens (tertiary/aromatic N) is 1. The first-order valence-corrected chi connectivity index (χ1v) is 11.1. The van der Waals surface area contributed by atoms with E-state index in [1.807, 2.05) is 24.3 Å². The highest BCUT2D eigenvalue weighted by Gasteiger charge is 2.18.